The number of carbonyl (C=O) groups excluding carboxylic acids is 1. The van der Waals surface area contributed by atoms with Gasteiger partial charge in [0.25, 0.3) is 0 Å². The molecule has 2 amide bonds. The number of rotatable bonds is 5. The number of aromatic nitrogens is 1. The molecular weight excluding hydrogens is 310 g/mol. The number of halogens is 1. The topological polar surface area (TPSA) is 74.2 Å². The number of pyridine rings is 1. The smallest absolute Gasteiger partial charge is 0.315 e. The molecule has 1 atom stereocenters. The minimum absolute atomic E-state index is 0.132. The summed E-state index contributed by atoms with van der Waals surface area (Å²) in [5.74, 6) is 0. The first-order chi connectivity index (χ1) is 9.97. The summed E-state index contributed by atoms with van der Waals surface area (Å²) >= 11 is 7.18. The molecule has 0 aliphatic rings. The van der Waals surface area contributed by atoms with Crippen molar-refractivity contribution in [2.45, 2.75) is 19.1 Å². The molecule has 2 aromatic heterocycles. The van der Waals surface area contributed by atoms with Crippen molar-refractivity contribution in [1.82, 2.24) is 15.6 Å². The molecule has 0 aliphatic heterocycles. The number of hydrogen-bond donors (Lipinski definition) is 3. The van der Waals surface area contributed by atoms with Crippen LogP contribution in [0.3, 0.4) is 0 Å². The SMILES string of the molecule is CC(O)(CNC(=O)NCc1ccc(Cl)cn1)c1cccs1. The predicted molar refractivity (Wildman–Crippen MR) is 83.4 cm³/mol. The van der Waals surface area contributed by atoms with Crippen LogP contribution in [0.1, 0.15) is 17.5 Å². The molecule has 0 spiro atoms. The van der Waals surface area contributed by atoms with E-state index in [4.69, 9.17) is 11.6 Å². The van der Waals surface area contributed by atoms with Gasteiger partial charge in [0.2, 0.25) is 0 Å². The second-order valence-corrected chi connectivity index (χ2v) is 6.14. The van der Waals surface area contributed by atoms with E-state index >= 15 is 0 Å². The molecule has 0 fully saturated rings. The molecule has 0 saturated heterocycles. The highest BCUT2D eigenvalue weighted by atomic mass is 35.5. The fourth-order valence-electron chi connectivity index (χ4n) is 1.67. The van der Waals surface area contributed by atoms with Gasteiger partial charge in [0.1, 0.15) is 5.60 Å². The molecule has 3 N–H and O–H groups in total. The minimum atomic E-state index is -1.08. The van der Waals surface area contributed by atoms with E-state index in [-0.39, 0.29) is 12.6 Å². The average Bonchev–Trinajstić information content (AvgIpc) is 3.00. The van der Waals surface area contributed by atoms with E-state index < -0.39 is 5.60 Å². The maximum absolute atomic E-state index is 11.7. The second kappa shape index (κ2) is 6.89. The van der Waals surface area contributed by atoms with E-state index in [0.29, 0.717) is 17.3 Å². The highest BCUT2D eigenvalue weighted by Gasteiger charge is 2.24. The lowest BCUT2D eigenvalue weighted by Gasteiger charge is -2.22. The van der Waals surface area contributed by atoms with Gasteiger partial charge < -0.3 is 15.7 Å². The van der Waals surface area contributed by atoms with E-state index in [9.17, 15) is 9.90 Å². The zero-order valence-corrected chi connectivity index (χ0v) is 13.0. The third-order valence-electron chi connectivity index (χ3n) is 2.86. The molecule has 5 nitrogen and oxygen atoms in total. The van der Waals surface area contributed by atoms with Crippen molar-refractivity contribution in [1.29, 1.82) is 0 Å². The molecule has 7 heteroatoms. The van der Waals surface area contributed by atoms with Crippen molar-refractivity contribution < 1.29 is 9.90 Å². The number of aliphatic hydroxyl groups is 1. The molecule has 1 unspecified atom stereocenters. The van der Waals surface area contributed by atoms with Crippen LogP contribution in [0.15, 0.2) is 35.8 Å². The minimum Gasteiger partial charge on any atom is -0.383 e. The summed E-state index contributed by atoms with van der Waals surface area (Å²) < 4.78 is 0. The number of amides is 2. The maximum atomic E-state index is 11.7. The van der Waals surface area contributed by atoms with Gasteiger partial charge in [-0.15, -0.1) is 11.3 Å². The number of urea groups is 1. The van der Waals surface area contributed by atoms with Crippen molar-refractivity contribution in [2.75, 3.05) is 6.54 Å². The molecule has 2 aromatic rings. The zero-order valence-electron chi connectivity index (χ0n) is 11.5. The van der Waals surface area contributed by atoms with Crippen molar-refractivity contribution in [3.63, 3.8) is 0 Å². The average molecular weight is 326 g/mol. The first-order valence-electron chi connectivity index (χ1n) is 6.36. The van der Waals surface area contributed by atoms with Crippen LogP contribution in [0.4, 0.5) is 4.79 Å². The lowest BCUT2D eigenvalue weighted by Crippen LogP contribution is -2.43. The normalized spacial score (nSPS) is 13.5. The van der Waals surface area contributed by atoms with Gasteiger partial charge in [0, 0.05) is 11.1 Å². The van der Waals surface area contributed by atoms with E-state index in [0.717, 1.165) is 4.88 Å². The molecule has 112 valence electrons. The van der Waals surface area contributed by atoms with Crippen molar-refractivity contribution in [3.8, 4) is 0 Å². The van der Waals surface area contributed by atoms with Crippen molar-refractivity contribution in [3.05, 3.63) is 51.4 Å². The fraction of sp³-hybridized carbons (Fsp3) is 0.286. The Morgan fingerprint density at radius 1 is 1.43 bits per heavy atom. The number of carbonyl (C=O) groups is 1. The van der Waals surface area contributed by atoms with Crippen LogP contribution in [0.5, 0.6) is 0 Å². The third kappa shape index (κ3) is 4.70. The van der Waals surface area contributed by atoms with E-state index in [1.807, 2.05) is 17.5 Å². The standard InChI is InChI=1S/C14H16ClN3O2S/c1-14(20,12-3-2-6-21-12)9-18-13(19)17-8-11-5-4-10(15)7-16-11/h2-7,20H,8-9H2,1H3,(H2,17,18,19). The molecule has 0 saturated carbocycles. The number of thiophene rings is 1. The zero-order chi connectivity index (χ0) is 15.3. The van der Waals surface area contributed by atoms with Crippen LogP contribution in [-0.4, -0.2) is 22.7 Å². The summed E-state index contributed by atoms with van der Waals surface area (Å²) in [6, 6.07) is 6.79. The van der Waals surface area contributed by atoms with Crippen molar-refractivity contribution >= 4 is 29.0 Å². The van der Waals surface area contributed by atoms with Crippen LogP contribution in [0.2, 0.25) is 5.02 Å². The summed E-state index contributed by atoms with van der Waals surface area (Å²) in [6.45, 7) is 2.09. The van der Waals surface area contributed by atoms with E-state index in [2.05, 4.69) is 15.6 Å². The van der Waals surface area contributed by atoms with Crippen LogP contribution in [0.25, 0.3) is 0 Å². The Morgan fingerprint density at radius 2 is 2.24 bits per heavy atom. The van der Waals surface area contributed by atoms with Gasteiger partial charge >= 0.3 is 6.03 Å². The van der Waals surface area contributed by atoms with Gasteiger partial charge in [-0.05, 0) is 30.5 Å². The Kier molecular flexibility index (Phi) is 5.17. The van der Waals surface area contributed by atoms with Crippen LogP contribution in [-0.2, 0) is 12.1 Å². The Labute approximate surface area is 132 Å². The molecule has 0 radical (unpaired) electrons. The first-order valence-corrected chi connectivity index (χ1v) is 7.61. The maximum Gasteiger partial charge on any atom is 0.315 e. The predicted octanol–water partition coefficient (Wildman–Crippen LogP) is 2.50. The van der Waals surface area contributed by atoms with Crippen molar-refractivity contribution in [2.24, 2.45) is 0 Å². The lowest BCUT2D eigenvalue weighted by atomic mass is 10.1. The number of nitrogens with one attached hydrogen (secondary N) is 2. The Morgan fingerprint density at radius 3 is 2.86 bits per heavy atom. The van der Waals surface area contributed by atoms with Crippen LogP contribution >= 0.6 is 22.9 Å². The summed E-state index contributed by atoms with van der Waals surface area (Å²) in [5, 5.41) is 18.0. The highest BCUT2D eigenvalue weighted by molar-refractivity contribution is 7.10. The van der Waals surface area contributed by atoms with Gasteiger partial charge in [0.05, 0.1) is 23.8 Å². The van der Waals surface area contributed by atoms with Gasteiger partial charge in [-0.3, -0.25) is 4.98 Å². The summed E-state index contributed by atoms with van der Waals surface area (Å²) in [5.41, 5.74) is -0.371. The Balaban J connectivity index is 1.78. The largest absolute Gasteiger partial charge is 0.383 e. The van der Waals surface area contributed by atoms with Gasteiger partial charge in [-0.2, -0.15) is 0 Å². The Hall–Kier alpha value is -1.63. The second-order valence-electron chi connectivity index (χ2n) is 4.76. The monoisotopic (exact) mass is 325 g/mol. The molecule has 2 heterocycles. The van der Waals surface area contributed by atoms with E-state index in [1.165, 1.54) is 17.5 Å². The van der Waals surface area contributed by atoms with E-state index in [1.54, 1.807) is 19.1 Å². The molecule has 21 heavy (non-hydrogen) atoms. The molecular formula is C14H16ClN3O2S. The quantitative estimate of drug-likeness (QED) is 0.790. The molecule has 0 aliphatic carbocycles. The highest BCUT2D eigenvalue weighted by Crippen LogP contribution is 2.24. The summed E-state index contributed by atoms with van der Waals surface area (Å²) in [6.07, 6.45) is 1.53. The van der Waals surface area contributed by atoms with Gasteiger partial charge in [-0.25, -0.2) is 4.79 Å². The summed E-state index contributed by atoms with van der Waals surface area (Å²) in [4.78, 5) is 16.6. The van der Waals surface area contributed by atoms with Crippen LogP contribution in [0, 0.1) is 0 Å². The lowest BCUT2D eigenvalue weighted by molar-refractivity contribution is 0.0631. The number of nitrogens with zero attached hydrogens (tertiary/aromatic N) is 1. The van der Waals surface area contributed by atoms with Gasteiger partial charge in [-0.1, -0.05) is 17.7 Å². The first kappa shape index (κ1) is 15.8. The Bertz CT molecular complexity index is 585. The fourth-order valence-corrected chi connectivity index (χ4v) is 2.57. The molecule has 0 bridgehead atoms. The molecule has 0 aromatic carbocycles. The van der Waals surface area contributed by atoms with Crippen LogP contribution < -0.4 is 10.6 Å². The molecule has 2 rings (SSSR count). The summed E-state index contributed by atoms with van der Waals surface area (Å²) in [7, 11) is 0. The third-order valence-corrected chi connectivity index (χ3v) is 4.21. The van der Waals surface area contributed by atoms with Gasteiger partial charge in [0.15, 0.2) is 0 Å². The number of hydrogen-bond acceptors (Lipinski definition) is 4.